The van der Waals surface area contributed by atoms with Gasteiger partial charge in [0.25, 0.3) is 0 Å². The second-order valence-corrected chi connectivity index (χ2v) is 1.38. The molecule has 4 heteroatoms. The predicted octanol–water partition coefficient (Wildman–Crippen LogP) is -0.132. The Bertz CT molecular complexity index is 107. The average molecular weight is 115 g/mol. The largest absolute Gasteiger partial charge is 0.342 e. The predicted molar refractivity (Wildman–Crippen MR) is 26.9 cm³/mol. The van der Waals surface area contributed by atoms with Crippen molar-refractivity contribution in [3.63, 3.8) is 0 Å². The van der Waals surface area contributed by atoms with Crippen molar-refractivity contribution in [3.05, 3.63) is 0 Å². The Morgan fingerprint density at radius 3 is 1.88 bits per heavy atom. The summed E-state index contributed by atoms with van der Waals surface area (Å²) in [5.41, 5.74) is 6.38. The fraction of sp³-hybridized carbons (Fsp3) is 0.500. The average Bonchev–Trinajstić information content (AvgIpc) is 1.64. The van der Waals surface area contributed by atoms with Gasteiger partial charge in [0, 0.05) is 14.0 Å². The summed E-state index contributed by atoms with van der Waals surface area (Å²) >= 11 is 0. The molecule has 3 amide bonds. The number of amides is 3. The van der Waals surface area contributed by atoms with Gasteiger partial charge in [-0.25, -0.2) is 10.5 Å². The molecular weight excluding hydrogens is 108 g/mol. The van der Waals surface area contributed by atoms with Crippen molar-refractivity contribution in [2.75, 3.05) is 7.05 Å². The Kier molecular flexibility index (Phi) is 1.99. The van der Waals surface area contributed by atoms with E-state index in [1.165, 1.54) is 14.0 Å². The molecule has 1 N–H and O–H groups in total. The molecule has 0 aliphatic heterocycles. The van der Waals surface area contributed by atoms with Gasteiger partial charge in [0.1, 0.15) is 0 Å². The van der Waals surface area contributed by atoms with Crippen molar-refractivity contribution < 1.29 is 9.59 Å². The zero-order chi connectivity index (χ0) is 6.73. The van der Waals surface area contributed by atoms with Crippen LogP contribution in [0, 0.1) is 0 Å². The van der Waals surface area contributed by atoms with Crippen LogP contribution in [0.1, 0.15) is 6.92 Å². The van der Waals surface area contributed by atoms with Gasteiger partial charge in [0.2, 0.25) is 5.91 Å². The lowest BCUT2D eigenvalue weighted by Gasteiger charge is -2.05. The van der Waals surface area contributed by atoms with Crippen molar-refractivity contribution in [1.29, 1.82) is 0 Å². The highest BCUT2D eigenvalue weighted by Crippen LogP contribution is 1.80. The van der Waals surface area contributed by atoms with E-state index in [0.717, 1.165) is 4.90 Å². The maximum atomic E-state index is 10.2. The summed E-state index contributed by atoms with van der Waals surface area (Å²) in [6.45, 7) is 1.23. The summed E-state index contributed by atoms with van der Waals surface area (Å²) in [5.74, 6) is -0.412. The van der Waals surface area contributed by atoms with Crippen LogP contribution in [-0.2, 0) is 4.79 Å². The Labute approximate surface area is 47.3 Å². The molecule has 0 saturated heterocycles. The highest BCUT2D eigenvalue weighted by atomic mass is 16.2. The van der Waals surface area contributed by atoms with Crippen LogP contribution < -0.4 is 5.73 Å². The molecule has 0 aromatic heterocycles. The van der Waals surface area contributed by atoms with Gasteiger partial charge in [-0.05, 0) is 0 Å². The normalized spacial score (nSPS) is 8.25. The summed E-state index contributed by atoms with van der Waals surface area (Å²) < 4.78 is 0. The van der Waals surface area contributed by atoms with E-state index < -0.39 is 11.9 Å². The lowest BCUT2D eigenvalue weighted by atomic mass is 10.6. The van der Waals surface area contributed by atoms with Crippen molar-refractivity contribution in [3.8, 4) is 0 Å². The summed E-state index contributed by atoms with van der Waals surface area (Å²) in [5, 5.41) is 0. The standard InChI is InChI=1S/C4H7N2O2/c1-3(7)6(2)4(5)8/h5H,1-2H3. The monoisotopic (exact) mass is 115 g/mol. The molecular formula is C4H7N2O2. The van der Waals surface area contributed by atoms with E-state index in [9.17, 15) is 9.59 Å². The molecule has 0 atom stereocenters. The van der Waals surface area contributed by atoms with Gasteiger partial charge in [-0.3, -0.25) is 9.69 Å². The van der Waals surface area contributed by atoms with Crippen LogP contribution in [0.3, 0.4) is 0 Å². The summed E-state index contributed by atoms with van der Waals surface area (Å²) in [7, 11) is 1.26. The van der Waals surface area contributed by atoms with E-state index in [-0.39, 0.29) is 0 Å². The van der Waals surface area contributed by atoms with Crippen LogP contribution >= 0.6 is 0 Å². The zero-order valence-electron chi connectivity index (χ0n) is 4.76. The maximum Gasteiger partial charge on any atom is 0.342 e. The van der Waals surface area contributed by atoms with Crippen LogP contribution in [0.15, 0.2) is 0 Å². The van der Waals surface area contributed by atoms with Gasteiger partial charge in [-0.15, -0.1) is 0 Å². The van der Waals surface area contributed by atoms with E-state index in [1.807, 2.05) is 0 Å². The molecule has 0 unspecified atom stereocenters. The van der Waals surface area contributed by atoms with Crippen molar-refractivity contribution in [1.82, 2.24) is 10.6 Å². The van der Waals surface area contributed by atoms with Gasteiger partial charge < -0.3 is 0 Å². The minimum Gasteiger partial charge on any atom is -0.275 e. The first-order valence-electron chi connectivity index (χ1n) is 2.05. The Balaban J connectivity index is 3.83. The number of hydrogen-bond acceptors (Lipinski definition) is 2. The lowest BCUT2D eigenvalue weighted by Crippen LogP contribution is -2.30. The summed E-state index contributed by atoms with van der Waals surface area (Å²) in [6, 6.07) is -0.975. The molecule has 0 spiro atoms. The minimum atomic E-state index is -0.975. The third-order valence-electron chi connectivity index (χ3n) is 0.777. The smallest absolute Gasteiger partial charge is 0.275 e. The topological polar surface area (TPSA) is 61.2 Å². The minimum absolute atomic E-state index is 0.412. The number of carbonyl (C=O) groups excluding carboxylic acids is 2. The Morgan fingerprint density at radius 1 is 1.50 bits per heavy atom. The number of nitrogens with zero attached hydrogens (tertiary/aromatic N) is 1. The van der Waals surface area contributed by atoms with Crippen LogP contribution in [0.25, 0.3) is 0 Å². The van der Waals surface area contributed by atoms with Crippen LogP contribution in [-0.4, -0.2) is 23.9 Å². The first-order valence-corrected chi connectivity index (χ1v) is 2.05. The molecule has 0 aliphatic rings. The number of imide groups is 1. The highest BCUT2D eigenvalue weighted by Gasteiger charge is 2.06. The fourth-order valence-electron chi connectivity index (χ4n) is 0.143. The second-order valence-electron chi connectivity index (χ2n) is 1.38. The van der Waals surface area contributed by atoms with E-state index >= 15 is 0 Å². The van der Waals surface area contributed by atoms with E-state index in [1.54, 1.807) is 0 Å². The molecule has 4 nitrogen and oxygen atoms in total. The van der Waals surface area contributed by atoms with Crippen molar-refractivity contribution in [2.45, 2.75) is 6.92 Å². The molecule has 0 heterocycles. The molecule has 45 valence electrons. The third-order valence-corrected chi connectivity index (χ3v) is 0.777. The second kappa shape index (κ2) is 2.30. The Hall–Kier alpha value is -1.06. The first kappa shape index (κ1) is 6.94. The molecule has 0 rings (SSSR count). The van der Waals surface area contributed by atoms with Crippen molar-refractivity contribution >= 4 is 11.9 Å². The number of hydrogen-bond donors (Lipinski definition) is 0. The van der Waals surface area contributed by atoms with Gasteiger partial charge in [-0.2, -0.15) is 0 Å². The number of nitrogens with one attached hydrogen (secondary N) is 1. The molecule has 0 aromatic rings. The van der Waals surface area contributed by atoms with Crippen molar-refractivity contribution in [2.24, 2.45) is 0 Å². The van der Waals surface area contributed by atoms with Gasteiger partial charge in [-0.1, -0.05) is 0 Å². The first-order chi connectivity index (χ1) is 3.55. The number of carbonyl (C=O) groups is 2. The zero-order valence-corrected chi connectivity index (χ0v) is 4.76. The summed E-state index contributed by atoms with van der Waals surface area (Å²) in [6.07, 6.45) is 0. The van der Waals surface area contributed by atoms with Gasteiger partial charge in [0.15, 0.2) is 0 Å². The van der Waals surface area contributed by atoms with Crippen LogP contribution in [0.5, 0.6) is 0 Å². The summed E-state index contributed by atoms with van der Waals surface area (Å²) in [4.78, 5) is 20.8. The molecule has 0 fully saturated rings. The molecule has 1 radical (unpaired) electrons. The quantitative estimate of drug-likeness (QED) is 0.441. The van der Waals surface area contributed by atoms with Crippen LogP contribution in [0.2, 0.25) is 0 Å². The highest BCUT2D eigenvalue weighted by molar-refractivity contribution is 5.91. The Morgan fingerprint density at radius 2 is 1.88 bits per heavy atom. The van der Waals surface area contributed by atoms with E-state index in [2.05, 4.69) is 0 Å². The fourth-order valence-corrected chi connectivity index (χ4v) is 0.143. The van der Waals surface area contributed by atoms with E-state index in [4.69, 9.17) is 5.73 Å². The SMILES string of the molecule is CC(=O)N(C)C([NH])=O. The number of urea groups is 1. The van der Waals surface area contributed by atoms with Gasteiger partial charge >= 0.3 is 6.03 Å². The molecule has 8 heavy (non-hydrogen) atoms. The van der Waals surface area contributed by atoms with Gasteiger partial charge in [0.05, 0.1) is 0 Å². The maximum absolute atomic E-state index is 10.2. The lowest BCUT2D eigenvalue weighted by molar-refractivity contribution is -0.124. The molecule has 0 aromatic carbocycles. The molecule has 0 aliphatic carbocycles. The third kappa shape index (κ3) is 1.59. The molecule has 0 saturated carbocycles. The van der Waals surface area contributed by atoms with E-state index in [0.29, 0.717) is 0 Å². The number of rotatable bonds is 0. The van der Waals surface area contributed by atoms with Crippen LogP contribution in [0.4, 0.5) is 4.79 Å². The molecule has 0 bridgehead atoms.